The topological polar surface area (TPSA) is 53.5 Å². The van der Waals surface area contributed by atoms with Crippen molar-refractivity contribution in [1.29, 1.82) is 0 Å². The van der Waals surface area contributed by atoms with E-state index in [4.69, 9.17) is 22.1 Å². The van der Waals surface area contributed by atoms with Gasteiger partial charge in [0.2, 0.25) is 0 Å². The van der Waals surface area contributed by atoms with Crippen LogP contribution in [0.5, 0.6) is 5.75 Å². The van der Waals surface area contributed by atoms with Gasteiger partial charge < -0.3 is 20.5 Å². The third kappa shape index (κ3) is 4.04. The zero-order valence-corrected chi connectivity index (χ0v) is 10.2. The van der Waals surface area contributed by atoms with Crippen molar-refractivity contribution in [2.45, 2.75) is 13.0 Å². The quantitative estimate of drug-likeness (QED) is 0.694. The molecular formula is C11H16N2O2S. The van der Waals surface area contributed by atoms with Crippen molar-refractivity contribution >= 4 is 23.0 Å². The molecule has 0 radical (unpaired) electrons. The van der Waals surface area contributed by atoms with Crippen LogP contribution < -0.4 is 15.4 Å². The maximum Gasteiger partial charge on any atom is 0.170 e. The van der Waals surface area contributed by atoms with E-state index < -0.39 is 6.10 Å². The summed E-state index contributed by atoms with van der Waals surface area (Å²) in [7, 11) is 1.60. The molecule has 0 saturated carbocycles. The summed E-state index contributed by atoms with van der Waals surface area (Å²) in [5.41, 5.74) is 0.799. The number of ether oxygens (including phenoxy) is 1. The fourth-order valence-corrected chi connectivity index (χ4v) is 1.35. The van der Waals surface area contributed by atoms with Crippen molar-refractivity contribution in [2.75, 3.05) is 19.0 Å². The average Bonchev–Trinajstić information content (AvgIpc) is 2.27. The summed E-state index contributed by atoms with van der Waals surface area (Å²) in [5.74, 6) is 0.726. The van der Waals surface area contributed by atoms with E-state index >= 15 is 0 Å². The molecule has 1 atom stereocenters. The van der Waals surface area contributed by atoms with Gasteiger partial charge in [0.25, 0.3) is 0 Å². The zero-order chi connectivity index (χ0) is 12.0. The van der Waals surface area contributed by atoms with Crippen molar-refractivity contribution in [3.05, 3.63) is 24.3 Å². The number of anilines is 1. The molecular weight excluding hydrogens is 224 g/mol. The number of benzene rings is 1. The molecule has 0 saturated heterocycles. The minimum Gasteiger partial charge on any atom is -0.495 e. The van der Waals surface area contributed by atoms with Gasteiger partial charge in [-0.3, -0.25) is 0 Å². The monoisotopic (exact) mass is 240 g/mol. The molecule has 0 aliphatic carbocycles. The third-order valence-electron chi connectivity index (χ3n) is 1.91. The lowest BCUT2D eigenvalue weighted by molar-refractivity contribution is 0.198. The predicted octanol–water partition coefficient (Wildman–Crippen LogP) is 1.36. The molecule has 1 aromatic carbocycles. The second kappa shape index (κ2) is 6.30. The number of rotatable bonds is 4. The van der Waals surface area contributed by atoms with Gasteiger partial charge in [0, 0.05) is 6.54 Å². The van der Waals surface area contributed by atoms with Crippen LogP contribution in [0, 0.1) is 0 Å². The minimum absolute atomic E-state index is 0.418. The fourth-order valence-electron chi connectivity index (χ4n) is 1.15. The van der Waals surface area contributed by atoms with Crippen LogP contribution in [-0.2, 0) is 0 Å². The minimum atomic E-state index is -0.433. The second-order valence-electron chi connectivity index (χ2n) is 3.38. The number of aliphatic hydroxyl groups excluding tert-OH is 1. The molecule has 0 spiro atoms. The van der Waals surface area contributed by atoms with E-state index in [-0.39, 0.29) is 0 Å². The van der Waals surface area contributed by atoms with Gasteiger partial charge in [-0.2, -0.15) is 0 Å². The van der Waals surface area contributed by atoms with Gasteiger partial charge in [-0.05, 0) is 31.3 Å². The standard InChI is InChI=1S/C11H16N2O2S/c1-8(14)7-12-11(16)13-9-5-3-4-6-10(9)15-2/h3-6,8,14H,7H2,1-2H3,(H2,12,13,16)/t8-/m0/s1. The first-order valence-corrected chi connectivity index (χ1v) is 5.40. The van der Waals surface area contributed by atoms with Gasteiger partial charge in [0.15, 0.2) is 5.11 Å². The maximum absolute atomic E-state index is 9.09. The molecule has 1 rings (SSSR count). The average molecular weight is 240 g/mol. The lowest BCUT2D eigenvalue weighted by Crippen LogP contribution is -2.33. The summed E-state index contributed by atoms with van der Waals surface area (Å²) >= 11 is 5.07. The molecule has 0 aliphatic rings. The van der Waals surface area contributed by atoms with Crippen molar-refractivity contribution in [3.63, 3.8) is 0 Å². The van der Waals surface area contributed by atoms with Crippen molar-refractivity contribution in [1.82, 2.24) is 5.32 Å². The van der Waals surface area contributed by atoms with Gasteiger partial charge in [-0.1, -0.05) is 12.1 Å². The van der Waals surface area contributed by atoms with Gasteiger partial charge in [0.1, 0.15) is 5.75 Å². The van der Waals surface area contributed by atoms with Crippen molar-refractivity contribution in [2.24, 2.45) is 0 Å². The first kappa shape index (κ1) is 12.7. The number of nitrogens with one attached hydrogen (secondary N) is 2. The highest BCUT2D eigenvalue weighted by molar-refractivity contribution is 7.80. The molecule has 5 heteroatoms. The molecule has 4 nitrogen and oxygen atoms in total. The molecule has 3 N–H and O–H groups in total. The molecule has 0 amide bonds. The van der Waals surface area contributed by atoms with Crippen LogP contribution in [0.1, 0.15) is 6.92 Å². The van der Waals surface area contributed by atoms with Crippen LogP contribution in [0.15, 0.2) is 24.3 Å². The highest BCUT2D eigenvalue weighted by Gasteiger charge is 2.03. The Bertz CT molecular complexity index is 356. The van der Waals surface area contributed by atoms with Gasteiger partial charge in [-0.15, -0.1) is 0 Å². The van der Waals surface area contributed by atoms with E-state index in [9.17, 15) is 0 Å². The van der Waals surface area contributed by atoms with E-state index in [1.165, 1.54) is 0 Å². The van der Waals surface area contributed by atoms with Crippen LogP contribution in [0.4, 0.5) is 5.69 Å². The molecule has 0 fully saturated rings. The van der Waals surface area contributed by atoms with Crippen LogP contribution in [0.2, 0.25) is 0 Å². The summed E-state index contributed by atoms with van der Waals surface area (Å²) in [6.07, 6.45) is -0.433. The molecule has 0 aromatic heterocycles. The molecule has 0 heterocycles. The molecule has 88 valence electrons. The van der Waals surface area contributed by atoms with Crippen LogP contribution in [0.25, 0.3) is 0 Å². The Kier molecular flexibility index (Phi) is 5.01. The molecule has 0 unspecified atom stereocenters. The Morgan fingerprint density at radius 3 is 2.81 bits per heavy atom. The summed E-state index contributed by atoms with van der Waals surface area (Å²) in [5, 5.41) is 15.5. The maximum atomic E-state index is 9.09. The molecule has 0 aliphatic heterocycles. The van der Waals surface area contributed by atoms with Crippen molar-refractivity contribution < 1.29 is 9.84 Å². The normalized spacial score (nSPS) is 11.7. The Balaban J connectivity index is 2.55. The smallest absolute Gasteiger partial charge is 0.170 e. The summed E-state index contributed by atoms with van der Waals surface area (Å²) in [6.45, 7) is 2.11. The SMILES string of the molecule is COc1ccccc1NC(=S)NC[C@H](C)O. The first-order valence-electron chi connectivity index (χ1n) is 4.99. The summed E-state index contributed by atoms with van der Waals surface area (Å²) < 4.78 is 5.17. The number of para-hydroxylation sites is 2. The van der Waals surface area contributed by atoms with E-state index in [2.05, 4.69) is 10.6 Å². The summed E-state index contributed by atoms with van der Waals surface area (Å²) in [6, 6.07) is 7.49. The predicted molar refractivity (Wildman–Crippen MR) is 68.9 cm³/mol. The number of methoxy groups -OCH3 is 1. The highest BCUT2D eigenvalue weighted by atomic mass is 32.1. The lowest BCUT2D eigenvalue weighted by Gasteiger charge is -2.13. The Morgan fingerprint density at radius 2 is 2.19 bits per heavy atom. The number of hydrogen-bond donors (Lipinski definition) is 3. The largest absolute Gasteiger partial charge is 0.495 e. The molecule has 0 bridgehead atoms. The van der Waals surface area contributed by atoms with Gasteiger partial charge >= 0.3 is 0 Å². The third-order valence-corrected chi connectivity index (χ3v) is 2.16. The first-order chi connectivity index (χ1) is 7.63. The van der Waals surface area contributed by atoms with Crippen LogP contribution in [-0.4, -0.2) is 30.0 Å². The lowest BCUT2D eigenvalue weighted by atomic mass is 10.3. The zero-order valence-electron chi connectivity index (χ0n) is 9.36. The van der Waals surface area contributed by atoms with Gasteiger partial charge in [-0.25, -0.2) is 0 Å². The fraction of sp³-hybridized carbons (Fsp3) is 0.364. The number of thiocarbonyl (C=S) groups is 1. The summed E-state index contributed by atoms with van der Waals surface area (Å²) in [4.78, 5) is 0. The van der Waals surface area contributed by atoms with E-state index in [1.54, 1.807) is 14.0 Å². The Morgan fingerprint density at radius 1 is 1.50 bits per heavy atom. The van der Waals surface area contributed by atoms with Crippen LogP contribution in [0.3, 0.4) is 0 Å². The molecule has 16 heavy (non-hydrogen) atoms. The van der Waals surface area contributed by atoms with Gasteiger partial charge in [0.05, 0.1) is 18.9 Å². The Labute approximate surface area is 101 Å². The van der Waals surface area contributed by atoms with E-state index in [0.717, 1.165) is 11.4 Å². The van der Waals surface area contributed by atoms with E-state index in [0.29, 0.717) is 11.7 Å². The van der Waals surface area contributed by atoms with E-state index in [1.807, 2.05) is 24.3 Å². The highest BCUT2D eigenvalue weighted by Crippen LogP contribution is 2.22. The number of hydrogen-bond acceptors (Lipinski definition) is 3. The number of aliphatic hydroxyl groups is 1. The Hall–Kier alpha value is -1.33. The molecule has 1 aromatic rings. The van der Waals surface area contributed by atoms with Crippen LogP contribution >= 0.6 is 12.2 Å². The second-order valence-corrected chi connectivity index (χ2v) is 3.79. The van der Waals surface area contributed by atoms with Crippen molar-refractivity contribution in [3.8, 4) is 5.75 Å².